The zero-order valence-electron chi connectivity index (χ0n) is 26.6. The summed E-state index contributed by atoms with van der Waals surface area (Å²) in [6.07, 6.45) is 1.12. The van der Waals surface area contributed by atoms with E-state index in [4.69, 9.17) is 13.8 Å². The number of hydrogen-bond donors (Lipinski definition) is 2. The summed E-state index contributed by atoms with van der Waals surface area (Å²) >= 11 is 0. The molecule has 0 radical (unpaired) electrons. The van der Waals surface area contributed by atoms with Crippen molar-refractivity contribution in [2.75, 3.05) is 47.5 Å². The van der Waals surface area contributed by atoms with Crippen molar-refractivity contribution in [3.8, 4) is 0 Å². The Balaban J connectivity index is 5.84. The van der Waals surface area contributed by atoms with Crippen LogP contribution in [0.1, 0.15) is 89.0 Å². The minimum absolute atomic E-state index is 0.0140. The van der Waals surface area contributed by atoms with Crippen LogP contribution in [0.25, 0.3) is 0 Å². The number of carbonyl (C=O) groups is 2. The van der Waals surface area contributed by atoms with Gasteiger partial charge in [0.15, 0.2) is 0 Å². The van der Waals surface area contributed by atoms with E-state index < -0.39 is 30.0 Å². The largest absolute Gasteiger partial charge is 0.472 e. The number of likely N-dealkylation sites (N-methyl/N-ethyl adjacent to an activating group) is 1. The van der Waals surface area contributed by atoms with Crippen molar-refractivity contribution in [1.82, 2.24) is 10.2 Å². The van der Waals surface area contributed by atoms with Crippen LogP contribution in [0.3, 0.4) is 0 Å². The van der Waals surface area contributed by atoms with Crippen LogP contribution >= 0.6 is 7.82 Å². The molecule has 0 rings (SSSR count). The zero-order chi connectivity index (χ0) is 30.4. The van der Waals surface area contributed by atoms with Gasteiger partial charge in [-0.3, -0.25) is 18.6 Å². The molecule has 2 N–H and O–H groups in total. The average Bonchev–Trinajstić information content (AvgIpc) is 2.71. The van der Waals surface area contributed by atoms with E-state index in [2.05, 4.69) is 74.6 Å². The molecule has 226 valence electrons. The molecule has 9 nitrogen and oxygen atoms in total. The summed E-state index contributed by atoms with van der Waals surface area (Å²) in [5, 5.41) is 2.81. The SMILES string of the molecule is CNC(=O)C(CC(C)(C)C(C)(C)C(C)(CC(C)(C)C)C(=O)OCCOP(=O)(O)OCCN(C)C)C(C)(C)C. The molecule has 0 bridgehead atoms. The maximum atomic E-state index is 13.8. The van der Waals surface area contributed by atoms with E-state index >= 15 is 0 Å². The Morgan fingerprint density at radius 2 is 1.39 bits per heavy atom. The predicted octanol–water partition coefficient (Wildman–Crippen LogP) is 5.52. The lowest BCUT2D eigenvalue weighted by atomic mass is 9.49. The van der Waals surface area contributed by atoms with Gasteiger partial charge in [0, 0.05) is 19.5 Å². The lowest BCUT2D eigenvalue weighted by Crippen LogP contribution is -2.54. The maximum absolute atomic E-state index is 13.8. The number of phosphoric ester groups is 1. The van der Waals surface area contributed by atoms with Crippen molar-refractivity contribution >= 4 is 19.7 Å². The van der Waals surface area contributed by atoms with E-state index in [0.29, 0.717) is 19.4 Å². The van der Waals surface area contributed by atoms with E-state index in [1.165, 1.54) is 0 Å². The molecule has 0 spiro atoms. The van der Waals surface area contributed by atoms with Gasteiger partial charge in [-0.15, -0.1) is 0 Å². The number of esters is 1. The van der Waals surface area contributed by atoms with Crippen molar-refractivity contribution in [2.24, 2.45) is 33.0 Å². The fourth-order valence-electron chi connectivity index (χ4n) is 4.91. The Labute approximate surface area is 232 Å². The third-order valence-electron chi connectivity index (χ3n) is 8.09. The van der Waals surface area contributed by atoms with Gasteiger partial charge in [0.1, 0.15) is 6.61 Å². The van der Waals surface area contributed by atoms with Gasteiger partial charge in [0.2, 0.25) is 5.91 Å². The van der Waals surface area contributed by atoms with E-state index in [9.17, 15) is 19.0 Å². The standard InChI is InChI=1S/C28H57N2O7P/c1-24(2,3)20-28(11,23(32)35-17-18-37-38(33,34)36-16-15-30(13)14)27(9,10)26(7,8)19-21(22(31)29-12)25(4,5)6/h21H,15-20H2,1-14H3,(H,29,31)(H,33,34). The topological polar surface area (TPSA) is 114 Å². The minimum Gasteiger partial charge on any atom is -0.463 e. The molecule has 0 heterocycles. The van der Waals surface area contributed by atoms with Gasteiger partial charge >= 0.3 is 13.8 Å². The van der Waals surface area contributed by atoms with Crippen LogP contribution < -0.4 is 5.32 Å². The Bertz CT molecular complexity index is 828. The molecule has 0 aromatic heterocycles. The van der Waals surface area contributed by atoms with Crippen molar-refractivity contribution in [1.29, 1.82) is 0 Å². The van der Waals surface area contributed by atoms with E-state index in [1.54, 1.807) is 7.05 Å². The van der Waals surface area contributed by atoms with Gasteiger partial charge in [0.05, 0.1) is 18.6 Å². The van der Waals surface area contributed by atoms with Crippen molar-refractivity contribution in [3.63, 3.8) is 0 Å². The highest BCUT2D eigenvalue weighted by molar-refractivity contribution is 7.47. The second kappa shape index (κ2) is 13.6. The number of nitrogens with one attached hydrogen (secondary N) is 1. The normalized spacial score (nSPS) is 17.5. The summed E-state index contributed by atoms with van der Waals surface area (Å²) in [6, 6.07) is 0. The maximum Gasteiger partial charge on any atom is 0.472 e. The molecule has 0 aliphatic heterocycles. The van der Waals surface area contributed by atoms with Crippen LogP contribution in [0, 0.1) is 33.0 Å². The number of ether oxygens (including phenoxy) is 1. The monoisotopic (exact) mass is 564 g/mol. The summed E-state index contributed by atoms with van der Waals surface area (Å²) in [6.45, 7) is 22.8. The first-order valence-corrected chi connectivity index (χ1v) is 15.0. The molecule has 0 saturated heterocycles. The van der Waals surface area contributed by atoms with E-state index in [0.717, 1.165) is 0 Å². The number of amides is 1. The Morgan fingerprint density at radius 1 is 0.895 bits per heavy atom. The van der Waals surface area contributed by atoms with Gasteiger partial charge in [0.25, 0.3) is 0 Å². The van der Waals surface area contributed by atoms with Crippen LogP contribution in [0.2, 0.25) is 0 Å². The molecule has 38 heavy (non-hydrogen) atoms. The summed E-state index contributed by atoms with van der Waals surface area (Å²) in [4.78, 5) is 38.3. The Kier molecular flexibility index (Phi) is 13.2. The number of phosphoric acid groups is 1. The van der Waals surface area contributed by atoms with Crippen LogP contribution in [0.5, 0.6) is 0 Å². The van der Waals surface area contributed by atoms with Gasteiger partial charge < -0.3 is 19.8 Å². The first-order chi connectivity index (χ1) is 16.8. The zero-order valence-corrected chi connectivity index (χ0v) is 27.5. The van der Waals surface area contributed by atoms with E-state index in [-0.39, 0.29) is 42.5 Å². The molecule has 10 heteroatoms. The number of carbonyl (C=O) groups excluding carboxylic acids is 2. The number of nitrogens with zero attached hydrogens (tertiary/aromatic N) is 1. The first kappa shape index (κ1) is 37.0. The average molecular weight is 565 g/mol. The fraction of sp³-hybridized carbons (Fsp3) is 0.929. The number of hydrogen-bond acceptors (Lipinski definition) is 7. The second-order valence-electron chi connectivity index (χ2n) is 14.4. The molecule has 0 aliphatic carbocycles. The predicted molar refractivity (Wildman–Crippen MR) is 153 cm³/mol. The quantitative estimate of drug-likeness (QED) is 0.152. The molecule has 0 aromatic rings. The molecule has 3 atom stereocenters. The van der Waals surface area contributed by atoms with Gasteiger partial charge in [-0.2, -0.15) is 0 Å². The van der Waals surface area contributed by atoms with Crippen LogP contribution in [-0.4, -0.2) is 69.2 Å². The van der Waals surface area contributed by atoms with Crippen molar-refractivity contribution in [3.05, 3.63) is 0 Å². The smallest absolute Gasteiger partial charge is 0.463 e. The third kappa shape index (κ3) is 10.9. The van der Waals surface area contributed by atoms with Crippen LogP contribution in [0.15, 0.2) is 0 Å². The third-order valence-corrected chi connectivity index (χ3v) is 9.11. The van der Waals surface area contributed by atoms with Crippen molar-refractivity contribution in [2.45, 2.75) is 89.0 Å². The minimum atomic E-state index is -4.24. The van der Waals surface area contributed by atoms with Gasteiger partial charge in [-0.25, -0.2) is 4.57 Å². The molecular weight excluding hydrogens is 507 g/mol. The summed E-state index contributed by atoms with van der Waals surface area (Å²) in [5.74, 6) is -0.668. The first-order valence-electron chi connectivity index (χ1n) is 13.5. The lowest BCUT2D eigenvalue weighted by molar-refractivity contribution is -0.176. The summed E-state index contributed by atoms with van der Waals surface area (Å²) in [7, 11) is 1.06. The van der Waals surface area contributed by atoms with Crippen LogP contribution in [0.4, 0.5) is 0 Å². The molecule has 1 amide bonds. The number of rotatable bonds is 15. The van der Waals surface area contributed by atoms with Crippen LogP contribution in [-0.2, 0) is 27.9 Å². The molecule has 0 fully saturated rings. The van der Waals surface area contributed by atoms with E-state index in [1.807, 2.05) is 25.9 Å². The molecular formula is C28H57N2O7P. The highest BCUT2D eigenvalue weighted by Gasteiger charge is 2.57. The van der Waals surface area contributed by atoms with Gasteiger partial charge in [-0.05, 0) is 55.5 Å². The molecule has 0 saturated carbocycles. The fourth-order valence-corrected chi connectivity index (χ4v) is 5.60. The van der Waals surface area contributed by atoms with Gasteiger partial charge in [-0.1, -0.05) is 69.2 Å². The summed E-state index contributed by atoms with van der Waals surface area (Å²) < 4.78 is 27.7. The second-order valence-corrected chi connectivity index (χ2v) is 15.8. The summed E-state index contributed by atoms with van der Waals surface area (Å²) in [5.41, 5.74) is -2.41. The molecule has 0 aliphatic rings. The van der Waals surface area contributed by atoms with Crippen molar-refractivity contribution < 1.29 is 32.8 Å². The Hall–Kier alpha value is -0.990. The molecule has 0 aromatic carbocycles. The Morgan fingerprint density at radius 3 is 1.82 bits per heavy atom. The highest BCUT2D eigenvalue weighted by atomic mass is 31.2. The lowest BCUT2D eigenvalue weighted by Gasteiger charge is -2.55. The highest BCUT2D eigenvalue weighted by Crippen LogP contribution is 2.59. The molecule has 3 unspecified atom stereocenters.